The minimum atomic E-state index is -0.759. The zero-order valence-electron chi connectivity index (χ0n) is 16.8. The lowest BCUT2D eigenvalue weighted by atomic mass is 9.82. The van der Waals surface area contributed by atoms with Crippen LogP contribution in [0.4, 0.5) is 9.93 Å². The van der Waals surface area contributed by atoms with E-state index in [1.165, 1.54) is 16.2 Å². The maximum Gasteiger partial charge on any atom is 0.325 e. The molecule has 0 radical (unpaired) electrons. The summed E-state index contributed by atoms with van der Waals surface area (Å²) in [6.07, 6.45) is 4.31. The summed E-state index contributed by atoms with van der Waals surface area (Å²) in [5.74, 6) is 0.213. The Kier molecular flexibility index (Phi) is 5.72. The summed E-state index contributed by atoms with van der Waals surface area (Å²) in [6, 6.07) is 7.13. The zero-order valence-corrected chi connectivity index (χ0v) is 17.6. The van der Waals surface area contributed by atoms with Gasteiger partial charge in [0.05, 0.1) is 12.8 Å². The van der Waals surface area contributed by atoms with Crippen LogP contribution in [0.25, 0.3) is 11.3 Å². The van der Waals surface area contributed by atoms with Crippen LogP contribution in [0, 0.1) is 0 Å². The Hall–Kier alpha value is -2.94. The van der Waals surface area contributed by atoms with Crippen molar-refractivity contribution in [1.29, 1.82) is 0 Å². The molecule has 1 aromatic carbocycles. The van der Waals surface area contributed by atoms with Gasteiger partial charge < -0.3 is 15.4 Å². The van der Waals surface area contributed by atoms with Gasteiger partial charge in [0.2, 0.25) is 5.91 Å². The highest BCUT2D eigenvalue weighted by Gasteiger charge is 2.51. The summed E-state index contributed by atoms with van der Waals surface area (Å²) in [6.45, 7) is 0.0585. The summed E-state index contributed by atoms with van der Waals surface area (Å²) in [7, 11) is 1.60. The second-order valence-corrected chi connectivity index (χ2v) is 8.42. The normalized spacial score (nSPS) is 17.8. The maximum atomic E-state index is 12.8. The number of hydrogen-bond acceptors (Lipinski definition) is 6. The van der Waals surface area contributed by atoms with Crippen molar-refractivity contribution in [1.82, 2.24) is 15.2 Å². The molecule has 4 amide bonds. The van der Waals surface area contributed by atoms with Crippen LogP contribution in [0.15, 0.2) is 29.6 Å². The Balaban J connectivity index is 1.35. The first kappa shape index (κ1) is 20.3. The van der Waals surface area contributed by atoms with E-state index in [4.69, 9.17) is 4.74 Å². The van der Waals surface area contributed by atoms with Crippen LogP contribution in [0.5, 0.6) is 5.75 Å². The quantitative estimate of drug-likeness (QED) is 0.687. The van der Waals surface area contributed by atoms with Crippen molar-refractivity contribution in [3.63, 3.8) is 0 Å². The number of carbonyl (C=O) groups excluding carboxylic acids is 3. The molecular formula is C21H24N4O4S. The maximum absolute atomic E-state index is 12.8. The Morgan fingerprint density at radius 1 is 1.27 bits per heavy atom. The molecule has 0 bridgehead atoms. The number of nitrogens with zero attached hydrogens (tertiary/aromatic N) is 2. The van der Waals surface area contributed by atoms with E-state index in [0.717, 1.165) is 24.8 Å². The third-order valence-electron chi connectivity index (χ3n) is 5.65. The summed E-state index contributed by atoms with van der Waals surface area (Å²) in [4.78, 5) is 43.1. The molecule has 1 aliphatic heterocycles. The van der Waals surface area contributed by atoms with Gasteiger partial charge in [0.25, 0.3) is 5.91 Å². The van der Waals surface area contributed by atoms with Crippen molar-refractivity contribution >= 4 is 34.3 Å². The number of para-hydroxylation sites is 1. The molecule has 0 unspecified atom stereocenters. The molecular weight excluding hydrogens is 404 g/mol. The largest absolute Gasteiger partial charge is 0.496 e. The molecule has 4 rings (SSSR count). The van der Waals surface area contributed by atoms with Gasteiger partial charge in [0, 0.05) is 23.9 Å². The van der Waals surface area contributed by atoms with Gasteiger partial charge in [-0.3, -0.25) is 14.5 Å². The second kappa shape index (κ2) is 8.43. The molecule has 8 nitrogen and oxygen atoms in total. The van der Waals surface area contributed by atoms with Gasteiger partial charge in [-0.05, 0) is 25.0 Å². The van der Waals surface area contributed by atoms with Crippen LogP contribution in [-0.2, 0) is 9.59 Å². The fourth-order valence-electron chi connectivity index (χ4n) is 4.08. The molecule has 1 aliphatic carbocycles. The molecule has 9 heteroatoms. The average Bonchev–Trinajstić information content (AvgIpc) is 3.30. The molecule has 1 spiro atoms. The number of carbonyl (C=O) groups is 3. The number of aromatic nitrogens is 1. The topological polar surface area (TPSA) is 101 Å². The number of hydrogen-bond donors (Lipinski definition) is 2. The SMILES string of the molecule is COc1ccccc1-c1csc(NC(=O)CCN2C(=O)NC3(CCCCC3)C2=O)n1. The molecule has 2 N–H and O–H groups in total. The summed E-state index contributed by atoms with van der Waals surface area (Å²) in [5.41, 5.74) is 0.792. The number of amides is 4. The summed E-state index contributed by atoms with van der Waals surface area (Å²) >= 11 is 1.31. The molecule has 2 heterocycles. The number of anilines is 1. The summed E-state index contributed by atoms with van der Waals surface area (Å²) in [5, 5.41) is 7.92. The van der Waals surface area contributed by atoms with Crippen LogP contribution in [0.3, 0.4) is 0 Å². The number of imide groups is 1. The van der Waals surface area contributed by atoms with E-state index in [1.807, 2.05) is 29.6 Å². The van der Waals surface area contributed by atoms with Crippen LogP contribution in [0.2, 0.25) is 0 Å². The smallest absolute Gasteiger partial charge is 0.325 e. The van der Waals surface area contributed by atoms with E-state index >= 15 is 0 Å². The van der Waals surface area contributed by atoms with Crippen LogP contribution >= 0.6 is 11.3 Å². The zero-order chi connectivity index (χ0) is 21.1. The highest BCUT2D eigenvalue weighted by molar-refractivity contribution is 7.14. The lowest BCUT2D eigenvalue weighted by molar-refractivity contribution is -0.132. The van der Waals surface area contributed by atoms with E-state index < -0.39 is 11.6 Å². The third-order valence-corrected chi connectivity index (χ3v) is 6.41. The molecule has 2 aromatic rings. The number of nitrogens with one attached hydrogen (secondary N) is 2. The molecule has 30 heavy (non-hydrogen) atoms. The van der Waals surface area contributed by atoms with Crippen LogP contribution in [0.1, 0.15) is 38.5 Å². The van der Waals surface area contributed by atoms with Gasteiger partial charge in [-0.15, -0.1) is 11.3 Å². The summed E-state index contributed by atoms with van der Waals surface area (Å²) < 4.78 is 5.36. The lowest BCUT2D eigenvalue weighted by Crippen LogP contribution is -2.48. The third kappa shape index (κ3) is 3.89. The minimum Gasteiger partial charge on any atom is -0.496 e. The average molecular weight is 429 g/mol. The van der Waals surface area contributed by atoms with Crippen molar-refractivity contribution in [2.24, 2.45) is 0 Å². The van der Waals surface area contributed by atoms with Gasteiger partial charge >= 0.3 is 6.03 Å². The van der Waals surface area contributed by atoms with E-state index in [-0.39, 0.29) is 24.8 Å². The Labute approximate surface area is 178 Å². The van der Waals surface area contributed by atoms with Crippen molar-refractivity contribution in [3.05, 3.63) is 29.6 Å². The second-order valence-electron chi connectivity index (χ2n) is 7.57. The fraction of sp³-hybridized carbons (Fsp3) is 0.429. The first-order valence-electron chi connectivity index (χ1n) is 10.1. The molecule has 158 valence electrons. The molecule has 2 fully saturated rings. The molecule has 1 saturated heterocycles. The van der Waals surface area contributed by atoms with Crippen molar-refractivity contribution in [2.45, 2.75) is 44.1 Å². The van der Waals surface area contributed by atoms with Gasteiger partial charge in [-0.2, -0.15) is 0 Å². The van der Waals surface area contributed by atoms with Crippen molar-refractivity contribution < 1.29 is 19.1 Å². The molecule has 1 saturated carbocycles. The Bertz CT molecular complexity index is 967. The van der Waals surface area contributed by atoms with Gasteiger partial charge in [-0.25, -0.2) is 9.78 Å². The first-order chi connectivity index (χ1) is 14.5. The number of ether oxygens (including phenoxy) is 1. The monoisotopic (exact) mass is 428 g/mol. The van der Waals surface area contributed by atoms with Crippen molar-refractivity contribution in [2.75, 3.05) is 19.0 Å². The number of rotatable bonds is 6. The standard InChI is InChI=1S/C21H24N4O4S/c1-29-16-8-4-3-7-14(16)15-13-30-19(22-15)23-17(26)9-12-25-18(27)21(24-20(25)28)10-5-2-6-11-21/h3-4,7-8,13H,2,5-6,9-12H2,1H3,(H,24,28)(H,22,23,26). The first-order valence-corrected chi connectivity index (χ1v) is 10.9. The van der Waals surface area contributed by atoms with Gasteiger partial charge in [-0.1, -0.05) is 31.4 Å². The fourth-order valence-corrected chi connectivity index (χ4v) is 4.81. The van der Waals surface area contributed by atoms with E-state index in [0.29, 0.717) is 29.4 Å². The van der Waals surface area contributed by atoms with Crippen LogP contribution < -0.4 is 15.4 Å². The van der Waals surface area contributed by atoms with E-state index in [9.17, 15) is 14.4 Å². The minimum absolute atomic E-state index is 0.0266. The van der Waals surface area contributed by atoms with E-state index in [1.54, 1.807) is 7.11 Å². The predicted molar refractivity (Wildman–Crippen MR) is 113 cm³/mol. The molecule has 1 aromatic heterocycles. The number of thiazole rings is 1. The van der Waals surface area contributed by atoms with Gasteiger partial charge in [0.1, 0.15) is 11.3 Å². The molecule has 0 atom stereocenters. The highest BCUT2D eigenvalue weighted by atomic mass is 32.1. The van der Waals surface area contributed by atoms with Crippen molar-refractivity contribution in [3.8, 4) is 17.0 Å². The Morgan fingerprint density at radius 3 is 2.80 bits per heavy atom. The number of urea groups is 1. The number of benzene rings is 1. The highest BCUT2D eigenvalue weighted by Crippen LogP contribution is 2.34. The predicted octanol–water partition coefficient (Wildman–Crippen LogP) is 3.40. The number of methoxy groups -OCH3 is 1. The van der Waals surface area contributed by atoms with E-state index in [2.05, 4.69) is 15.6 Å². The van der Waals surface area contributed by atoms with Gasteiger partial charge in [0.15, 0.2) is 5.13 Å². The van der Waals surface area contributed by atoms with Crippen LogP contribution in [-0.4, -0.2) is 46.9 Å². The lowest BCUT2D eigenvalue weighted by Gasteiger charge is -2.30. The Morgan fingerprint density at radius 2 is 2.03 bits per heavy atom. The molecule has 2 aliphatic rings.